The Bertz CT molecular complexity index is 1550. The minimum absolute atomic E-state index is 0. The molecule has 4 rings (SSSR count). The van der Waals surface area contributed by atoms with Gasteiger partial charge in [0, 0.05) is 11.4 Å². The van der Waals surface area contributed by atoms with Crippen molar-refractivity contribution in [2.45, 2.75) is 119 Å². The zero-order valence-electron chi connectivity index (χ0n) is 36.2. The van der Waals surface area contributed by atoms with Crippen molar-refractivity contribution in [1.82, 2.24) is 0 Å². The molecule has 0 spiro atoms. The molecule has 0 fully saturated rings. The molecule has 56 heavy (non-hydrogen) atoms. The maximum Gasteiger partial charge on any atom is 2.00 e. The van der Waals surface area contributed by atoms with Gasteiger partial charge in [0.15, 0.2) is 0 Å². The van der Waals surface area contributed by atoms with Gasteiger partial charge in [-0.2, -0.15) is 11.4 Å². The van der Waals surface area contributed by atoms with Crippen molar-refractivity contribution in [3.63, 3.8) is 0 Å². The van der Waals surface area contributed by atoms with E-state index in [0.29, 0.717) is 0 Å². The van der Waals surface area contributed by atoms with Crippen molar-refractivity contribution in [3.8, 4) is 0 Å². The number of rotatable bonds is 12. The Balaban J connectivity index is 0. The number of allylic oxidation sites excluding steroid dienone is 4. The summed E-state index contributed by atoms with van der Waals surface area (Å²) in [5.41, 5.74) is 8.93. The number of hydrogen-bond donors (Lipinski definition) is 0. The second-order valence-electron chi connectivity index (χ2n) is 13.8. The van der Waals surface area contributed by atoms with E-state index in [-0.39, 0.29) is 63.1 Å². The molecule has 0 radical (unpaired) electrons. The zero-order chi connectivity index (χ0) is 40.5. The molecule has 0 N–H and O–H groups in total. The Labute approximate surface area is 365 Å². The molecular weight excluding hydrogens is 795 g/mol. The average Bonchev–Trinajstić information content (AvgIpc) is 3.12. The van der Waals surface area contributed by atoms with Crippen molar-refractivity contribution in [3.05, 3.63) is 178 Å². The van der Waals surface area contributed by atoms with Crippen LogP contribution in [0.1, 0.15) is 130 Å². The van der Waals surface area contributed by atoms with E-state index in [4.69, 9.17) is 20.6 Å². The summed E-state index contributed by atoms with van der Waals surface area (Å²) in [6.07, 6.45) is 3.28. The van der Waals surface area contributed by atoms with E-state index >= 15 is 0 Å². The Morgan fingerprint density at radius 3 is 0.875 bits per heavy atom. The molecule has 0 saturated heterocycles. The van der Waals surface area contributed by atoms with Crippen LogP contribution < -0.4 is 10.2 Å². The van der Waals surface area contributed by atoms with Crippen LogP contribution in [0.25, 0.3) is 10.6 Å². The summed E-state index contributed by atoms with van der Waals surface area (Å²) >= 11 is 0. The van der Waals surface area contributed by atoms with Gasteiger partial charge in [0.1, 0.15) is 0 Å². The third kappa shape index (κ3) is 26.3. The first kappa shape index (κ1) is 54.6. The quantitative estimate of drug-likeness (QED) is 0.105. The molecule has 8 heteroatoms. The smallest absolute Gasteiger partial charge is 0.852 e. The second-order valence-corrected chi connectivity index (χ2v) is 13.8. The van der Waals surface area contributed by atoms with E-state index < -0.39 is 12.2 Å². The predicted octanol–water partition coefficient (Wildman–Crippen LogP) is 12.0. The summed E-state index contributed by atoms with van der Waals surface area (Å²) in [4.78, 5) is 9.49. The van der Waals surface area contributed by atoms with Gasteiger partial charge in [0.2, 0.25) is 0 Å². The molecular formula is C48H64N4O2Zn2. The van der Waals surface area contributed by atoms with Crippen LogP contribution in [-0.2, 0) is 39.0 Å². The van der Waals surface area contributed by atoms with E-state index in [0.717, 1.165) is 22.8 Å². The van der Waals surface area contributed by atoms with Gasteiger partial charge in [-0.3, -0.25) is 9.98 Å². The van der Waals surface area contributed by atoms with Gasteiger partial charge in [-0.05, 0) is 38.8 Å². The molecule has 0 aliphatic carbocycles. The molecule has 4 atom stereocenters. The molecule has 0 aromatic heterocycles. The molecule has 0 amide bonds. The van der Waals surface area contributed by atoms with Crippen LogP contribution in [0, 0.1) is 0 Å². The van der Waals surface area contributed by atoms with Crippen molar-refractivity contribution in [2.24, 2.45) is 9.98 Å². The molecule has 0 saturated carbocycles. The summed E-state index contributed by atoms with van der Waals surface area (Å²) in [7, 11) is 0. The molecule has 4 aromatic rings. The third-order valence-electron chi connectivity index (χ3n) is 7.55. The number of hydrogen-bond acceptors (Lipinski definition) is 4. The fraction of sp³-hybridized carbons (Fsp3) is 0.375. The largest absolute Gasteiger partial charge is 2.00 e. The Morgan fingerprint density at radius 1 is 0.429 bits per heavy atom. The zero-order valence-corrected chi connectivity index (χ0v) is 42.1. The fourth-order valence-corrected chi connectivity index (χ4v) is 5.20. The summed E-state index contributed by atoms with van der Waals surface area (Å²) in [6.45, 7) is 23.0. The van der Waals surface area contributed by atoms with Gasteiger partial charge in [0.05, 0.1) is 12.1 Å². The van der Waals surface area contributed by atoms with Gasteiger partial charge in [-0.15, -0.1) is 12.2 Å². The van der Waals surface area contributed by atoms with Crippen LogP contribution in [0.4, 0.5) is 0 Å². The molecule has 0 bridgehead atoms. The molecule has 0 aliphatic rings. The van der Waals surface area contributed by atoms with E-state index in [1.807, 2.05) is 52.0 Å². The van der Waals surface area contributed by atoms with Gasteiger partial charge in [0.25, 0.3) is 0 Å². The first-order chi connectivity index (χ1) is 25.6. The Kier molecular flexibility index (Phi) is 30.7. The van der Waals surface area contributed by atoms with Gasteiger partial charge < -0.3 is 20.8 Å². The normalized spacial score (nSPS) is 13.7. The van der Waals surface area contributed by atoms with Gasteiger partial charge >= 0.3 is 39.0 Å². The van der Waals surface area contributed by atoms with Crippen molar-refractivity contribution in [1.29, 1.82) is 0 Å². The maximum absolute atomic E-state index is 9.53. The third-order valence-corrected chi connectivity index (χ3v) is 7.55. The summed E-state index contributed by atoms with van der Waals surface area (Å²) in [6, 6.07) is 42.0. The first-order valence-corrected chi connectivity index (χ1v) is 19.0. The van der Waals surface area contributed by atoms with Crippen LogP contribution in [0.2, 0.25) is 0 Å². The van der Waals surface area contributed by atoms with Crippen LogP contribution in [0.3, 0.4) is 0 Å². The SMILES string of the molecule is CC(/C=C(/C)[N-][C@@H](C)c1ccccc1)=N[C@@H](C)c1ccccc1.CC(/C=C(/C)[N-][C@@H](C)c1ccccc1)=N[C@@H](C)c1ccccc1.CC(C)[O-].CC(C)[O-].[Zn+2].[Zn+2]. The summed E-state index contributed by atoms with van der Waals surface area (Å²) in [5.74, 6) is 0. The van der Waals surface area contributed by atoms with E-state index in [1.165, 1.54) is 22.3 Å². The predicted molar refractivity (Wildman–Crippen MR) is 230 cm³/mol. The topological polar surface area (TPSA) is 99.0 Å². The number of benzene rings is 4. The van der Waals surface area contributed by atoms with Crippen LogP contribution in [0.5, 0.6) is 0 Å². The van der Waals surface area contributed by atoms with Crippen LogP contribution in [0.15, 0.2) is 155 Å². The molecule has 6 nitrogen and oxygen atoms in total. The molecule has 292 valence electrons. The van der Waals surface area contributed by atoms with E-state index in [1.54, 1.807) is 27.7 Å². The van der Waals surface area contributed by atoms with E-state index in [2.05, 4.69) is 137 Å². The number of nitrogens with zero attached hydrogens (tertiary/aromatic N) is 4. The fourth-order valence-electron chi connectivity index (χ4n) is 5.20. The van der Waals surface area contributed by atoms with Crippen molar-refractivity contribution in [2.75, 3.05) is 0 Å². The summed E-state index contributed by atoms with van der Waals surface area (Å²) in [5, 5.41) is 28.6. The average molecular weight is 860 g/mol. The van der Waals surface area contributed by atoms with Gasteiger partial charge in [-0.1, -0.05) is 212 Å². The Hall–Kier alpha value is -3.53. The van der Waals surface area contributed by atoms with Crippen LogP contribution in [-0.4, -0.2) is 23.6 Å². The Morgan fingerprint density at radius 2 is 0.643 bits per heavy atom. The first-order valence-electron chi connectivity index (χ1n) is 19.0. The monoisotopic (exact) mass is 856 g/mol. The standard InChI is InChI=1S/2C21H25N2.2C3H7O.2Zn/c2*1-16(22-18(3)20-11-7-5-8-12-20)15-17(2)23-19(4)21-13-9-6-10-14-21;2*1-3(2)4;;/h2*5-15,18-19H,1-4H3;2*3H,1-2H3;;/q4*-1;2*+2/b2*16-15-,23-17?;;;;/t2*18-,19-;;;;/m00..../s1. The van der Waals surface area contributed by atoms with Crippen LogP contribution >= 0.6 is 0 Å². The van der Waals surface area contributed by atoms with Gasteiger partial charge in [-0.25, -0.2) is 0 Å². The minimum atomic E-state index is -0.417. The second kappa shape index (κ2) is 31.5. The van der Waals surface area contributed by atoms with E-state index in [9.17, 15) is 10.2 Å². The molecule has 4 aromatic carbocycles. The van der Waals surface area contributed by atoms with Crippen molar-refractivity contribution < 1.29 is 49.2 Å². The molecule has 0 heterocycles. The van der Waals surface area contributed by atoms with Crippen molar-refractivity contribution >= 4 is 11.4 Å². The minimum Gasteiger partial charge on any atom is -0.852 e. The summed E-state index contributed by atoms with van der Waals surface area (Å²) < 4.78 is 0. The molecule has 0 unspecified atom stereocenters. The molecule has 0 aliphatic heterocycles. The number of aliphatic imine (C=N–C) groups is 2. The maximum atomic E-state index is 9.53.